The van der Waals surface area contributed by atoms with Gasteiger partial charge in [0.25, 0.3) is 5.91 Å². The van der Waals surface area contributed by atoms with Crippen molar-refractivity contribution in [2.24, 2.45) is 0 Å². The predicted molar refractivity (Wildman–Crippen MR) is 61.2 cm³/mol. The van der Waals surface area contributed by atoms with Crippen molar-refractivity contribution in [1.82, 2.24) is 20.2 Å². The van der Waals surface area contributed by atoms with Crippen LogP contribution in [-0.4, -0.2) is 51.7 Å². The van der Waals surface area contributed by atoms with Crippen molar-refractivity contribution in [3.63, 3.8) is 0 Å². The van der Waals surface area contributed by atoms with E-state index in [9.17, 15) is 9.90 Å². The van der Waals surface area contributed by atoms with Crippen molar-refractivity contribution in [2.45, 2.75) is 25.1 Å². The van der Waals surface area contributed by atoms with Gasteiger partial charge in [-0.25, -0.2) is 9.97 Å². The van der Waals surface area contributed by atoms with E-state index in [2.05, 4.69) is 15.3 Å². The predicted octanol–water partition coefficient (Wildman–Crippen LogP) is -0.381. The minimum atomic E-state index is -0.345. The summed E-state index contributed by atoms with van der Waals surface area (Å²) in [5.41, 5.74) is 0.341. The third kappa shape index (κ3) is 2.98. The molecule has 1 aliphatic rings. The van der Waals surface area contributed by atoms with Crippen molar-refractivity contribution in [1.29, 1.82) is 0 Å². The van der Waals surface area contributed by atoms with Gasteiger partial charge in [-0.15, -0.1) is 0 Å². The maximum absolute atomic E-state index is 11.9. The summed E-state index contributed by atoms with van der Waals surface area (Å²) in [7, 11) is 1.93. The van der Waals surface area contributed by atoms with E-state index in [0.29, 0.717) is 12.1 Å². The molecule has 2 N–H and O–H groups in total. The van der Waals surface area contributed by atoms with E-state index in [1.54, 1.807) is 6.07 Å². The van der Waals surface area contributed by atoms with E-state index in [4.69, 9.17) is 0 Å². The minimum Gasteiger partial charge on any atom is -0.393 e. The molecule has 1 aromatic rings. The lowest BCUT2D eigenvalue weighted by molar-refractivity contribution is 0.0393. The zero-order chi connectivity index (χ0) is 12.3. The fourth-order valence-electron chi connectivity index (χ4n) is 1.88. The summed E-state index contributed by atoms with van der Waals surface area (Å²) in [4.78, 5) is 21.5. The summed E-state index contributed by atoms with van der Waals surface area (Å²) < 4.78 is 0. The lowest BCUT2D eigenvalue weighted by Crippen LogP contribution is -2.52. The molecule has 1 aliphatic heterocycles. The standard InChI is InChI=1S/C11H16N4O2/c1-15-5-3-8(16)6-10(15)14-11(17)9-2-4-12-7-13-9/h2,4,7-8,10,16H,3,5-6H2,1H3,(H,14,17)/t8-,10+/m1/s1. The molecule has 0 bridgehead atoms. The Morgan fingerprint density at radius 3 is 3.18 bits per heavy atom. The maximum atomic E-state index is 11.9. The molecule has 2 heterocycles. The third-order valence-electron chi connectivity index (χ3n) is 2.95. The Morgan fingerprint density at radius 1 is 1.65 bits per heavy atom. The highest BCUT2D eigenvalue weighted by molar-refractivity contribution is 5.92. The molecule has 0 unspecified atom stereocenters. The van der Waals surface area contributed by atoms with Crippen LogP contribution >= 0.6 is 0 Å². The molecule has 6 heteroatoms. The second-order valence-electron chi connectivity index (χ2n) is 4.24. The Labute approximate surface area is 99.7 Å². The van der Waals surface area contributed by atoms with Crippen molar-refractivity contribution in [3.8, 4) is 0 Å². The van der Waals surface area contributed by atoms with Crippen LogP contribution in [-0.2, 0) is 0 Å². The van der Waals surface area contributed by atoms with Crippen molar-refractivity contribution in [3.05, 3.63) is 24.3 Å². The van der Waals surface area contributed by atoms with Crippen LogP contribution in [0.25, 0.3) is 0 Å². The van der Waals surface area contributed by atoms with E-state index >= 15 is 0 Å². The highest BCUT2D eigenvalue weighted by Gasteiger charge is 2.26. The molecular formula is C11H16N4O2. The molecule has 0 saturated carbocycles. The topological polar surface area (TPSA) is 78.4 Å². The van der Waals surface area contributed by atoms with Gasteiger partial charge in [0.05, 0.1) is 12.3 Å². The number of rotatable bonds is 2. The Balaban J connectivity index is 1.98. The Morgan fingerprint density at radius 2 is 2.47 bits per heavy atom. The number of hydrogen-bond donors (Lipinski definition) is 2. The first-order valence-corrected chi connectivity index (χ1v) is 5.62. The molecule has 1 saturated heterocycles. The van der Waals surface area contributed by atoms with Gasteiger partial charge in [-0.05, 0) is 19.5 Å². The van der Waals surface area contributed by atoms with Gasteiger partial charge in [-0.1, -0.05) is 0 Å². The maximum Gasteiger partial charge on any atom is 0.271 e. The molecule has 6 nitrogen and oxygen atoms in total. The number of nitrogens with zero attached hydrogens (tertiary/aromatic N) is 3. The zero-order valence-electron chi connectivity index (χ0n) is 9.71. The van der Waals surface area contributed by atoms with Crippen molar-refractivity contribution < 1.29 is 9.90 Å². The molecule has 0 spiro atoms. The highest BCUT2D eigenvalue weighted by atomic mass is 16.3. The van der Waals surface area contributed by atoms with E-state index in [-0.39, 0.29) is 18.2 Å². The quantitative estimate of drug-likeness (QED) is 0.731. The van der Waals surface area contributed by atoms with Crippen LogP contribution in [0.15, 0.2) is 18.6 Å². The first-order valence-electron chi connectivity index (χ1n) is 5.62. The fraction of sp³-hybridized carbons (Fsp3) is 0.545. The molecule has 1 amide bonds. The number of nitrogens with one attached hydrogen (secondary N) is 1. The first kappa shape index (κ1) is 11.9. The van der Waals surface area contributed by atoms with Gasteiger partial charge in [0.15, 0.2) is 0 Å². The van der Waals surface area contributed by atoms with Gasteiger partial charge in [0, 0.05) is 19.2 Å². The number of aromatic nitrogens is 2. The average molecular weight is 236 g/mol. The van der Waals surface area contributed by atoms with Crippen LogP contribution in [0.3, 0.4) is 0 Å². The van der Waals surface area contributed by atoms with Crippen molar-refractivity contribution in [2.75, 3.05) is 13.6 Å². The molecule has 0 radical (unpaired) electrons. The normalized spacial score (nSPS) is 25.5. The van der Waals surface area contributed by atoms with Crippen molar-refractivity contribution >= 4 is 5.91 Å². The monoisotopic (exact) mass is 236 g/mol. The molecule has 1 aromatic heterocycles. The van der Waals surface area contributed by atoms with Gasteiger partial charge in [-0.3, -0.25) is 9.69 Å². The van der Waals surface area contributed by atoms with Crippen LogP contribution in [0.2, 0.25) is 0 Å². The van der Waals surface area contributed by atoms with E-state index in [0.717, 1.165) is 13.0 Å². The third-order valence-corrected chi connectivity index (χ3v) is 2.95. The van der Waals surface area contributed by atoms with E-state index in [1.165, 1.54) is 12.5 Å². The smallest absolute Gasteiger partial charge is 0.271 e. The second kappa shape index (κ2) is 5.20. The molecule has 0 aromatic carbocycles. The molecule has 1 fully saturated rings. The molecule has 2 rings (SSSR count). The average Bonchev–Trinajstić information content (AvgIpc) is 2.35. The van der Waals surface area contributed by atoms with E-state index in [1.807, 2.05) is 11.9 Å². The fourth-order valence-corrected chi connectivity index (χ4v) is 1.88. The molecular weight excluding hydrogens is 220 g/mol. The van der Waals surface area contributed by atoms with Gasteiger partial charge in [-0.2, -0.15) is 0 Å². The number of piperidine rings is 1. The number of carbonyl (C=O) groups excluding carboxylic acids is 1. The molecule has 2 atom stereocenters. The lowest BCUT2D eigenvalue weighted by atomic mass is 10.1. The Kier molecular flexibility index (Phi) is 3.65. The van der Waals surface area contributed by atoms with Gasteiger partial charge >= 0.3 is 0 Å². The Bertz CT molecular complexity index is 384. The van der Waals surface area contributed by atoms with Gasteiger partial charge < -0.3 is 10.4 Å². The second-order valence-corrected chi connectivity index (χ2v) is 4.24. The van der Waals surface area contributed by atoms with E-state index < -0.39 is 0 Å². The summed E-state index contributed by atoms with van der Waals surface area (Å²) >= 11 is 0. The zero-order valence-corrected chi connectivity index (χ0v) is 9.71. The summed E-state index contributed by atoms with van der Waals surface area (Å²) in [5.74, 6) is -0.238. The Hall–Kier alpha value is -1.53. The number of hydrogen-bond acceptors (Lipinski definition) is 5. The summed E-state index contributed by atoms with van der Waals surface area (Å²) in [6.45, 7) is 0.774. The first-order chi connectivity index (χ1) is 8.16. The van der Waals surface area contributed by atoms with Gasteiger partial charge in [0.1, 0.15) is 12.0 Å². The molecule has 17 heavy (non-hydrogen) atoms. The summed E-state index contributed by atoms with van der Waals surface area (Å²) in [6.07, 6.45) is 3.68. The van der Waals surface area contributed by atoms with Crippen LogP contribution in [0, 0.1) is 0 Å². The number of amides is 1. The van der Waals surface area contributed by atoms with Crippen LogP contribution in [0.1, 0.15) is 23.3 Å². The molecule has 0 aliphatic carbocycles. The SMILES string of the molecule is CN1CC[C@@H](O)C[C@H]1NC(=O)c1ccncn1. The number of carbonyl (C=O) groups is 1. The van der Waals surface area contributed by atoms with Crippen LogP contribution < -0.4 is 5.32 Å². The highest BCUT2D eigenvalue weighted by Crippen LogP contribution is 2.13. The van der Waals surface area contributed by atoms with Crippen LogP contribution in [0.4, 0.5) is 0 Å². The molecule has 92 valence electrons. The number of likely N-dealkylation sites (tertiary alicyclic amines) is 1. The minimum absolute atomic E-state index is 0.138. The summed E-state index contributed by atoms with van der Waals surface area (Å²) in [5, 5.41) is 12.4. The number of aliphatic hydroxyl groups is 1. The van der Waals surface area contributed by atoms with Crippen LogP contribution in [0.5, 0.6) is 0 Å². The summed E-state index contributed by atoms with van der Waals surface area (Å²) in [6, 6.07) is 1.56. The lowest BCUT2D eigenvalue weighted by Gasteiger charge is -2.35. The number of aliphatic hydroxyl groups excluding tert-OH is 1. The van der Waals surface area contributed by atoms with Gasteiger partial charge in [0.2, 0.25) is 0 Å². The largest absolute Gasteiger partial charge is 0.393 e.